The van der Waals surface area contributed by atoms with E-state index in [1.54, 1.807) is 0 Å². The summed E-state index contributed by atoms with van der Waals surface area (Å²) < 4.78 is 0. The first-order valence-corrected chi connectivity index (χ1v) is 5.69. The molecule has 1 saturated carbocycles. The highest BCUT2D eigenvalue weighted by molar-refractivity contribution is 4.91. The van der Waals surface area contributed by atoms with Gasteiger partial charge in [-0.3, -0.25) is 0 Å². The van der Waals surface area contributed by atoms with Gasteiger partial charge in [-0.25, -0.2) is 0 Å². The first-order chi connectivity index (χ1) is 6.40. The van der Waals surface area contributed by atoms with Crippen LogP contribution in [-0.2, 0) is 0 Å². The third-order valence-electron chi connectivity index (χ3n) is 3.43. The smallest absolute Gasteiger partial charge is 0.0623 e. The van der Waals surface area contributed by atoms with Gasteiger partial charge in [-0.05, 0) is 24.7 Å². The molecule has 0 radical (unpaired) electrons. The van der Waals surface area contributed by atoms with Gasteiger partial charge in [0.2, 0.25) is 0 Å². The second-order valence-corrected chi connectivity index (χ2v) is 6.01. The van der Waals surface area contributed by atoms with Crippen LogP contribution in [0.3, 0.4) is 0 Å². The fourth-order valence-corrected chi connectivity index (χ4v) is 2.47. The Kier molecular flexibility index (Phi) is 3.59. The van der Waals surface area contributed by atoms with E-state index in [4.69, 9.17) is 0 Å². The van der Waals surface area contributed by atoms with Crippen molar-refractivity contribution in [2.75, 3.05) is 6.61 Å². The van der Waals surface area contributed by atoms with Crippen molar-refractivity contribution in [3.63, 3.8) is 0 Å². The summed E-state index contributed by atoms with van der Waals surface area (Å²) in [5, 5.41) is 19.6. The Hall–Kier alpha value is -0.0800. The molecule has 1 rings (SSSR count). The molecule has 1 aliphatic carbocycles. The van der Waals surface area contributed by atoms with Gasteiger partial charge in [0.1, 0.15) is 0 Å². The molecule has 0 heterocycles. The monoisotopic (exact) mass is 200 g/mol. The van der Waals surface area contributed by atoms with Gasteiger partial charge in [-0.2, -0.15) is 0 Å². The molecule has 0 bridgehead atoms. The van der Waals surface area contributed by atoms with Crippen LogP contribution in [0.25, 0.3) is 0 Å². The molecule has 2 nitrogen and oxygen atoms in total. The Bertz CT molecular complexity index is 175. The molecule has 2 heteroatoms. The van der Waals surface area contributed by atoms with E-state index in [0.29, 0.717) is 0 Å². The molecule has 0 amide bonds. The van der Waals surface area contributed by atoms with E-state index in [0.717, 1.165) is 32.1 Å². The van der Waals surface area contributed by atoms with Crippen LogP contribution in [0.4, 0.5) is 0 Å². The summed E-state index contributed by atoms with van der Waals surface area (Å²) in [5.41, 5.74) is -0.0442. The molecule has 1 unspecified atom stereocenters. The minimum absolute atomic E-state index is 0.143. The van der Waals surface area contributed by atoms with E-state index in [9.17, 15) is 10.2 Å². The van der Waals surface area contributed by atoms with Gasteiger partial charge in [0.15, 0.2) is 0 Å². The summed E-state index contributed by atoms with van der Waals surface area (Å²) in [6, 6.07) is 0. The third kappa shape index (κ3) is 2.71. The van der Waals surface area contributed by atoms with Crippen molar-refractivity contribution in [2.45, 2.75) is 59.0 Å². The van der Waals surface area contributed by atoms with Crippen LogP contribution in [0.15, 0.2) is 0 Å². The van der Waals surface area contributed by atoms with E-state index < -0.39 is 0 Å². The predicted octanol–water partition coefficient (Wildman–Crippen LogP) is 2.34. The molecule has 1 fully saturated rings. The van der Waals surface area contributed by atoms with Crippen LogP contribution in [0.1, 0.15) is 52.9 Å². The topological polar surface area (TPSA) is 40.5 Å². The first-order valence-electron chi connectivity index (χ1n) is 5.69. The number of hydrogen-bond acceptors (Lipinski definition) is 2. The Morgan fingerprint density at radius 3 is 2.07 bits per heavy atom. The quantitative estimate of drug-likeness (QED) is 0.734. The molecule has 0 spiro atoms. The summed E-state index contributed by atoms with van der Waals surface area (Å²) >= 11 is 0. The predicted molar refractivity (Wildman–Crippen MR) is 58.1 cm³/mol. The van der Waals surface area contributed by atoms with E-state index in [2.05, 4.69) is 20.8 Å². The van der Waals surface area contributed by atoms with Crippen molar-refractivity contribution in [2.24, 2.45) is 10.8 Å². The third-order valence-corrected chi connectivity index (χ3v) is 3.43. The lowest BCUT2D eigenvalue weighted by Gasteiger charge is -2.36. The minimum atomic E-state index is -0.338. The van der Waals surface area contributed by atoms with E-state index in [1.807, 2.05) is 0 Å². The van der Waals surface area contributed by atoms with Gasteiger partial charge < -0.3 is 10.2 Å². The fraction of sp³-hybridized carbons (Fsp3) is 1.00. The number of aliphatic hydroxyl groups is 2. The van der Waals surface area contributed by atoms with Crippen molar-refractivity contribution >= 4 is 0 Å². The fourth-order valence-electron chi connectivity index (χ4n) is 2.47. The van der Waals surface area contributed by atoms with Crippen molar-refractivity contribution in [1.29, 1.82) is 0 Å². The molecule has 0 aromatic heterocycles. The number of rotatable bonds is 3. The van der Waals surface area contributed by atoms with E-state index >= 15 is 0 Å². The molecular formula is C12H24O2. The molecule has 0 aromatic carbocycles. The standard InChI is InChI=1S/C12H24O2/c1-11(2,3)8-10(14)12(9-13)6-4-5-7-12/h10,13-14H,4-9H2,1-3H3. The molecule has 0 aliphatic heterocycles. The lowest BCUT2D eigenvalue weighted by molar-refractivity contribution is -0.0341. The summed E-state index contributed by atoms with van der Waals surface area (Å²) in [7, 11) is 0. The summed E-state index contributed by atoms with van der Waals surface area (Å²) in [5.74, 6) is 0. The molecule has 1 atom stereocenters. The SMILES string of the molecule is CC(C)(C)CC(O)C1(CO)CCCC1. The van der Waals surface area contributed by atoms with Crippen LogP contribution >= 0.6 is 0 Å². The summed E-state index contributed by atoms with van der Waals surface area (Å²) in [6.45, 7) is 6.55. The largest absolute Gasteiger partial charge is 0.396 e. The molecule has 0 aromatic rings. The van der Waals surface area contributed by atoms with Gasteiger partial charge in [-0.15, -0.1) is 0 Å². The van der Waals surface area contributed by atoms with Crippen molar-refractivity contribution in [3.8, 4) is 0 Å². The Labute approximate surface area is 87.3 Å². The van der Waals surface area contributed by atoms with E-state index in [-0.39, 0.29) is 23.5 Å². The lowest BCUT2D eigenvalue weighted by atomic mass is 9.74. The zero-order valence-electron chi connectivity index (χ0n) is 9.71. The Morgan fingerprint density at radius 1 is 1.21 bits per heavy atom. The zero-order valence-corrected chi connectivity index (χ0v) is 9.71. The van der Waals surface area contributed by atoms with Crippen LogP contribution in [0.2, 0.25) is 0 Å². The molecule has 1 aliphatic rings. The van der Waals surface area contributed by atoms with Crippen LogP contribution in [0, 0.1) is 10.8 Å². The second kappa shape index (κ2) is 4.19. The summed E-state index contributed by atoms with van der Waals surface area (Å²) in [6.07, 6.45) is 4.73. The summed E-state index contributed by atoms with van der Waals surface area (Å²) in [4.78, 5) is 0. The highest BCUT2D eigenvalue weighted by atomic mass is 16.3. The first kappa shape index (κ1) is 12.0. The molecule has 2 N–H and O–H groups in total. The van der Waals surface area contributed by atoms with Gasteiger partial charge in [0.25, 0.3) is 0 Å². The maximum Gasteiger partial charge on any atom is 0.0623 e. The molecule has 0 saturated heterocycles. The van der Waals surface area contributed by atoms with Gasteiger partial charge in [0.05, 0.1) is 12.7 Å². The molecule has 14 heavy (non-hydrogen) atoms. The van der Waals surface area contributed by atoms with Crippen molar-refractivity contribution in [3.05, 3.63) is 0 Å². The average molecular weight is 200 g/mol. The Morgan fingerprint density at radius 2 is 1.71 bits per heavy atom. The van der Waals surface area contributed by atoms with Gasteiger partial charge >= 0.3 is 0 Å². The molecular weight excluding hydrogens is 176 g/mol. The normalized spacial score (nSPS) is 23.8. The van der Waals surface area contributed by atoms with Crippen LogP contribution in [0.5, 0.6) is 0 Å². The maximum atomic E-state index is 10.2. The zero-order chi connectivity index (χ0) is 10.8. The highest BCUT2D eigenvalue weighted by Crippen LogP contribution is 2.43. The molecule has 84 valence electrons. The van der Waals surface area contributed by atoms with Crippen molar-refractivity contribution in [1.82, 2.24) is 0 Å². The highest BCUT2D eigenvalue weighted by Gasteiger charge is 2.41. The Balaban J connectivity index is 2.60. The number of aliphatic hydroxyl groups excluding tert-OH is 2. The second-order valence-electron chi connectivity index (χ2n) is 6.01. The van der Waals surface area contributed by atoms with Crippen molar-refractivity contribution < 1.29 is 10.2 Å². The maximum absolute atomic E-state index is 10.2. The average Bonchev–Trinajstić information content (AvgIpc) is 2.49. The van der Waals surface area contributed by atoms with Gasteiger partial charge in [-0.1, -0.05) is 33.6 Å². The minimum Gasteiger partial charge on any atom is -0.396 e. The van der Waals surface area contributed by atoms with Crippen LogP contribution in [-0.4, -0.2) is 22.9 Å². The van der Waals surface area contributed by atoms with E-state index in [1.165, 1.54) is 0 Å². The number of hydrogen-bond donors (Lipinski definition) is 2. The van der Waals surface area contributed by atoms with Gasteiger partial charge in [0, 0.05) is 5.41 Å². The lowest BCUT2D eigenvalue weighted by Crippen LogP contribution is -2.38. The van der Waals surface area contributed by atoms with Crippen LogP contribution < -0.4 is 0 Å².